The molecular weight excluding hydrogens is 414 g/mol. The number of aryl methyl sites for hydroxylation is 1. The average Bonchev–Trinajstić information content (AvgIpc) is 3.34. The number of benzene rings is 2. The molecule has 0 radical (unpaired) electrons. The number of hydrogen-bond donors (Lipinski definition) is 2. The number of fused-ring (bicyclic) bond motifs is 1. The van der Waals surface area contributed by atoms with Crippen molar-refractivity contribution in [2.45, 2.75) is 18.4 Å². The average molecular weight is 431 g/mol. The maximum Gasteiger partial charge on any atom is 0.257 e. The van der Waals surface area contributed by atoms with Crippen LogP contribution in [0.2, 0.25) is 0 Å². The Labute approximate surface area is 171 Å². The van der Waals surface area contributed by atoms with Crippen LogP contribution in [0.1, 0.15) is 21.6 Å². The number of rotatable bonds is 6. The van der Waals surface area contributed by atoms with Gasteiger partial charge in [-0.15, -0.1) is 11.3 Å². The van der Waals surface area contributed by atoms with Crippen molar-refractivity contribution in [3.63, 3.8) is 0 Å². The van der Waals surface area contributed by atoms with Crippen molar-refractivity contribution < 1.29 is 22.7 Å². The Morgan fingerprint density at radius 1 is 1.17 bits per heavy atom. The van der Waals surface area contributed by atoms with Gasteiger partial charge < -0.3 is 9.47 Å². The minimum atomic E-state index is -3.81. The van der Waals surface area contributed by atoms with Crippen molar-refractivity contribution in [1.82, 2.24) is 9.71 Å². The highest BCUT2D eigenvalue weighted by molar-refractivity contribution is 7.89. The number of ether oxygens (including phenoxy) is 2. The van der Waals surface area contributed by atoms with E-state index < -0.39 is 15.9 Å². The SMILES string of the molecule is Cc1csc(NC(=O)c2cccc(S(=O)(=O)NCc3ccc4c(c3)OCO4)c2)n1. The molecule has 0 spiro atoms. The minimum Gasteiger partial charge on any atom is -0.454 e. The Bertz CT molecular complexity index is 1170. The van der Waals surface area contributed by atoms with Crippen LogP contribution in [0.5, 0.6) is 11.5 Å². The summed E-state index contributed by atoms with van der Waals surface area (Å²) in [6.45, 7) is 2.05. The van der Waals surface area contributed by atoms with Gasteiger partial charge in [-0.05, 0) is 42.8 Å². The Morgan fingerprint density at radius 3 is 2.79 bits per heavy atom. The van der Waals surface area contributed by atoms with Gasteiger partial charge >= 0.3 is 0 Å². The molecule has 0 fully saturated rings. The number of nitrogens with one attached hydrogen (secondary N) is 2. The molecule has 2 N–H and O–H groups in total. The maximum atomic E-state index is 12.7. The predicted molar refractivity (Wildman–Crippen MR) is 108 cm³/mol. The topological polar surface area (TPSA) is 107 Å². The van der Waals surface area contributed by atoms with E-state index in [2.05, 4.69) is 15.0 Å². The van der Waals surface area contributed by atoms with Gasteiger partial charge in [-0.3, -0.25) is 10.1 Å². The van der Waals surface area contributed by atoms with Gasteiger partial charge in [-0.2, -0.15) is 0 Å². The molecule has 0 saturated heterocycles. The molecule has 29 heavy (non-hydrogen) atoms. The molecule has 0 aliphatic carbocycles. The number of carbonyl (C=O) groups is 1. The molecule has 1 amide bonds. The molecule has 1 aliphatic rings. The number of hydrogen-bond acceptors (Lipinski definition) is 7. The molecule has 4 rings (SSSR count). The largest absolute Gasteiger partial charge is 0.454 e. The van der Waals surface area contributed by atoms with E-state index in [4.69, 9.17) is 9.47 Å². The first-order valence-corrected chi connectivity index (χ1v) is 11.0. The maximum absolute atomic E-state index is 12.7. The first-order chi connectivity index (χ1) is 13.9. The molecule has 0 saturated carbocycles. The number of carbonyl (C=O) groups excluding carboxylic acids is 1. The molecule has 2 aromatic carbocycles. The van der Waals surface area contributed by atoms with Gasteiger partial charge in [0.2, 0.25) is 16.8 Å². The highest BCUT2D eigenvalue weighted by Gasteiger charge is 2.18. The van der Waals surface area contributed by atoms with Crippen molar-refractivity contribution in [2.24, 2.45) is 0 Å². The lowest BCUT2D eigenvalue weighted by atomic mass is 10.2. The third-order valence-corrected chi connectivity index (χ3v) is 6.42. The van der Waals surface area contributed by atoms with E-state index >= 15 is 0 Å². The second kappa shape index (κ2) is 7.82. The molecule has 8 nitrogen and oxygen atoms in total. The Balaban J connectivity index is 1.46. The molecule has 150 valence electrons. The summed E-state index contributed by atoms with van der Waals surface area (Å²) in [7, 11) is -3.81. The third-order valence-electron chi connectivity index (χ3n) is 4.15. The highest BCUT2D eigenvalue weighted by atomic mass is 32.2. The minimum absolute atomic E-state index is 0.00112. The monoisotopic (exact) mass is 431 g/mol. The van der Waals surface area contributed by atoms with Crippen LogP contribution < -0.4 is 19.5 Å². The van der Waals surface area contributed by atoms with Crippen LogP contribution in [0.15, 0.2) is 52.7 Å². The fraction of sp³-hybridized carbons (Fsp3) is 0.158. The van der Waals surface area contributed by atoms with Crippen LogP contribution in [0.25, 0.3) is 0 Å². The van der Waals surface area contributed by atoms with Crippen LogP contribution in [0, 0.1) is 6.92 Å². The van der Waals surface area contributed by atoms with E-state index in [1.54, 1.807) is 24.3 Å². The third kappa shape index (κ3) is 4.39. The van der Waals surface area contributed by atoms with Gasteiger partial charge in [0, 0.05) is 17.5 Å². The first kappa shape index (κ1) is 19.4. The Kier molecular flexibility index (Phi) is 5.22. The molecule has 0 unspecified atom stereocenters. The Hall–Kier alpha value is -2.95. The van der Waals surface area contributed by atoms with Crippen molar-refractivity contribution >= 4 is 32.4 Å². The quantitative estimate of drug-likeness (QED) is 0.622. The number of amides is 1. The van der Waals surface area contributed by atoms with Crippen LogP contribution in [0.4, 0.5) is 5.13 Å². The molecule has 10 heteroatoms. The van der Waals surface area contributed by atoms with Gasteiger partial charge in [0.05, 0.1) is 10.6 Å². The molecule has 1 aliphatic heterocycles. The summed E-state index contributed by atoms with van der Waals surface area (Å²) in [4.78, 5) is 16.6. The first-order valence-electron chi connectivity index (χ1n) is 8.62. The van der Waals surface area contributed by atoms with Crippen LogP contribution in [-0.2, 0) is 16.6 Å². The highest BCUT2D eigenvalue weighted by Crippen LogP contribution is 2.32. The molecule has 2 heterocycles. The second-order valence-corrected chi connectivity index (χ2v) is 8.91. The standard InChI is InChI=1S/C19H17N3O5S2/c1-12-10-28-19(21-12)22-18(23)14-3-2-4-15(8-14)29(24,25)20-9-13-5-6-16-17(7-13)27-11-26-16/h2-8,10,20H,9,11H2,1H3,(H,21,22,23). The molecular formula is C19H17N3O5S2. The summed E-state index contributed by atoms with van der Waals surface area (Å²) in [5.74, 6) is 0.788. The van der Waals surface area contributed by atoms with E-state index in [1.165, 1.54) is 29.5 Å². The normalized spacial score (nSPS) is 12.7. The zero-order chi connectivity index (χ0) is 20.4. The van der Waals surface area contributed by atoms with E-state index in [1.807, 2.05) is 12.3 Å². The van der Waals surface area contributed by atoms with Crippen LogP contribution in [0.3, 0.4) is 0 Å². The number of aromatic nitrogens is 1. The molecule has 0 bridgehead atoms. The van der Waals surface area contributed by atoms with E-state index in [-0.39, 0.29) is 23.8 Å². The zero-order valence-electron chi connectivity index (χ0n) is 15.3. The van der Waals surface area contributed by atoms with Crippen molar-refractivity contribution in [1.29, 1.82) is 0 Å². The van der Waals surface area contributed by atoms with Crippen molar-refractivity contribution in [3.05, 3.63) is 64.7 Å². The van der Waals surface area contributed by atoms with E-state index in [0.29, 0.717) is 16.6 Å². The summed E-state index contributed by atoms with van der Waals surface area (Å²) in [6, 6.07) is 11.1. The van der Waals surface area contributed by atoms with Gasteiger partial charge in [0.15, 0.2) is 16.6 Å². The lowest BCUT2D eigenvalue weighted by Gasteiger charge is -2.09. The fourth-order valence-electron chi connectivity index (χ4n) is 2.70. The van der Waals surface area contributed by atoms with E-state index in [0.717, 1.165) is 11.3 Å². The van der Waals surface area contributed by atoms with Crippen molar-refractivity contribution in [3.8, 4) is 11.5 Å². The van der Waals surface area contributed by atoms with Gasteiger partial charge in [0.25, 0.3) is 5.91 Å². The summed E-state index contributed by atoms with van der Waals surface area (Å²) >= 11 is 1.30. The number of anilines is 1. The van der Waals surface area contributed by atoms with Crippen LogP contribution >= 0.6 is 11.3 Å². The number of nitrogens with zero attached hydrogens (tertiary/aromatic N) is 1. The number of sulfonamides is 1. The molecule has 1 aromatic heterocycles. The molecule has 0 atom stereocenters. The zero-order valence-corrected chi connectivity index (χ0v) is 17.0. The summed E-state index contributed by atoms with van der Waals surface area (Å²) < 4.78 is 38.4. The second-order valence-electron chi connectivity index (χ2n) is 6.29. The van der Waals surface area contributed by atoms with Crippen molar-refractivity contribution in [2.75, 3.05) is 12.1 Å². The molecule has 3 aromatic rings. The lowest BCUT2D eigenvalue weighted by Crippen LogP contribution is -2.23. The Morgan fingerprint density at radius 2 is 2.00 bits per heavy atom. The smallest absolute Gasteiger partial charge is 0.257 e. The summed E-state index contributed by atoms with van der Waals surface area (Å²) in [6.07, 6.45) is 0. The lowest BCUT2D eigenvalue weighted by molar-refractivity contribution is 0.102. The van der Waals surface area contributed by atoms with Gasteiger partial charge in [-0.25, -0.2) is 18.1 Å². The summed E-state index contributed by atoms with van der Waals surface area (Å²) in [5, 5.41) is 4.94. The fourth-order valence-corrected chi connectivity index (χ4v) is 4.44. The van der Waals surface area contributed by atoms with Gasteiger partial charge in [-0.1, -0.05) is 12.1 Å². The van der Waals surface area contributed by atoms with Gasteiger partial charge in [0.1, 0.15) is 0 Å². The summed E-state index contributed by atoms with van der Waals surface area (Å²) in [5.41, 5.74) is 1.75. The van der Waals surface area contributed by atoms with E-state index in [9.17, 15) is 13.2 Å². The van der Waals surface area contributed by atoms with Crippen LogP contribution in [-0.4, -0.2) is 26.1 Å². The number of thiazole rings is 1. The predicted octanol–water partition coefficient (Wildman–Crippen LogP) is 2.91.